The van der Waals surface area contributed by atoms with E-state index in [0.717, 1.165) is 25.0 Å². The Labute approximate surface area is 112 Å². The van der Waals surface area contributed by atoms with Crippen LogP contribution in [0.3, 0.4) is 0 Å². The van der Waals surface area contributed by atoms with E-state index in [9.17, 15) is 8.42 Å². The third kappa shape index (κ3) is 7.37. The summed E-state index contributed by atoms with van der Waals surface area (Å²) in [5.41, 5.74) is 0. The molecule has 0 radical (unpaired) electrons. The zero-order chi connectivity index (χ0) is 13.4. The topological polar surface area (TPSA) is 43.4 Å². The van der Waals surface area contributed by atoms with E-state index in [1.54, 1.807) is 0 Å². The Morgan fingerprint density at radius 3 is 2.44 bits per heavy atom. The van der Waals surface area contributed by atoms with Gasteiger partial charge >= 0.3 is 0 Å². The molecular weight excluding hydrogens is 248 g/mol. The second-order valence-electron chi connectivity index (χ2n) is 5.74. The fourth-order valence-corrected chi connectivity index (χ4v) is 3.32. The molecule has 1 fully saturated rings. The molecule has 0 amide bonds. The highest BCUT2D eigenvalue weighted by Gasteiger charge is 2.20. The van der Waals surface area contributed by atoms with Crippen molar-refractivity contribution in [2.75, 3.05) is 12.9 Å². The van der Waals surface area contributed by atoms with Gasteiger partial charge in [-0.2, -0.15) is 8.42 Å². The second-order valence-corrected chi connectivity index (χ2v) is 7.38. The van der Waals surface area contributed by atoms with Crippen molar-refractivity contribution >= 4 is 10.1 Å². The molecule has 0 bridgehead atoms. The lowest BCUT2D eigenvalue weighted by Crippen LogP contribution is -2.18. The molecular formula is C14H28O3S. The third-order valence-electron chi connectivity index (χ3n) is 3.88. The summed E-state index contributed by atoms with van der Waals surface area (Å²) in [4.78, 5) is 0. The zero-order valence-electron chi connectivity index (χ0n) is 11.9. The summed E-state index contributed by atoms with van der Waals surface area (Å²) in [6, 6.07) is 0. The Bertz CT molecular complexity index is 305. The number of hydrogen-bond donors (Lipinski definition) is 0. The van der Waals surface area contributed by atoms with E-state index in [1.165, 1.54) is 44.9 Å². The van der Waals surface area contributed by atoms with Crippen molar-refractivity contribution in [2.24, 2.45) is 11.8 Å². The molecule has 0 aliphatic heterocycles. The predicted octanol–water partition coefficient (Wildman–Crippen LogP) is 3.74. The van der Waals surface area contributed by atoms with Crippen LogP contribution in [0.25, 0.3) is 0 Å². The van der Waals surface area contributed by atoms with Crippen molar-refractivity contribution in [1.29, 1.82) is 0 Å². The van der Waals surface area contributed by atoms with Crippen LogP contribution in [-0.4, -0.2) is 21.3 Å². The zero-order valence-corrected chi connectivity index (χ0v) is 12.7. The number of hydrogen-bond acceptors (Lipinski definition) is 3. The maximum absolute atomic E-state index is 11.1. The Hall–Kier alpha value is -0.0900. The van der Waals surface area contributed by atoms with Crippen molar-refractivity contribution in [3.63, 3.8) is 0 Å². The van der Waals surface area contributed by atoms with Gasteiger partial charge in [0.25, 0.3) is 10.1 Å². The van der Waals surface area contributed by atoms with Gasteiger partial charge in [0.05, 0.1) is 12.9 Å². The summed E-state index contributed by atoms with van der Waals surface area (Å²) in [6.45, 7) is 2.56. The summed E-state index contributed by atoms with van der Waals surface area (Å²) in [5.74, 6) is 1.21. The SMILES string of the molecule is CCCCC(COS(C)(=O)=O)CC1CCCCC1. The van der Waals surface area contributed by atoms with Crippen LogP contribution < -0.4 is 0 Å². The average molecular weight is 276 g/mol. The Balaban J connectivity index is 2.38. The van der Waals surface area contributed by atoms with Gasteiger partial charge in [0, 0.05) is 0 Å². The van der Waals surface area contributed by atoms with E-state index in [0.29, 0.717) is 12.5 Å². The maximum Gasteiger partial charge on any atom is 0.264 e. The molecule has 4 heteroatoms. The molecule has 0 heterocycles. The first-order chi connectivity index (χ1) is 8.51. The Morgan fingerprint density at radius 1 is 1.22 bits per heavy atom. The molecule has 0 aromatic carbocycles. The van der Waals surface area contributed by atoms with Gasteiger partial charge in [-0.3, -0.25) is 4.18 Å². The maximum atomic E-state index is 11.1. The molecule has 0 N–H and O–H groups in total. The van der Waals surface area contributed by atoms with Crippen LogP contribution in [0.15, 0.2) is 0 Å². The molecule has 0 saturated heterocycles. The van der Waals surface area contributed by atoms with Crippen molar-refractivity contribution < 1.29 is 12.6 Å². The van der Waals surface area contributed by atoms with E-state index < -0.39 is 10.1 Å². The Kier molecular flexibility index (Phi) is 7.23. The third-order valence-corrected chi connectivity index (χ3v) is 4.44. The van der Waals surface area contributed by atoms with Gasteiger partial charge < -0.3 is 0 Å². The first-order valence-electron chi connectivity index (χ1n) is 7.35. The minimum atomic E-state index is -3.29. The lowest BCUT2D eigenvalue weighted by Gasteiger charge is -2.26. The van der Waals surface area contributed by atoms with Crippen molar-refractivity contribution in [3.05, 3.63) is 0 Å². The van der Waals surface area contributed by atoms with E-state index in [-0.39, 0.29) is 0 Å². The number of rotatable bonds is 8. The van der Waals surface area contributed by atoms with Gasteiger partial charge in [-0.25, -0.2) is 0 Å². The monoisotopic (exact) mass is 276 g/mol. The second kappa shape index (κ2) is 8.16. The van der Waals surface area contributed by atoms with Crippen LogP contribution in [-0.2, 0) is 14.3 Å². The van der Waals surface area contributed by atoms with Crippen molar-refractivity contribution in [3.8, 4) is 0 Å². The summed E-state index contributed by atoms with van der Waals surface area (Å²) in [5, 5.41) is 0. The summed E-state index contributed by atoms with van der Waals surface area (Å²) in [6.07, 6.45) is 12.4. The normalized spacial score (nSPS) is 19.9. The van der Waals surface area contributed by atoms with Crippen LogP contribution in [0.1, 0.15) is 64.7 Å². The van der Waals surface area contributed by atoms with Gasteiger partial charge in [0.2, 0.25) is 0 Å². The first kappa shape index (κ1) is 16.0. The van der Waals surface area contributed by atoms with Crippen molar-refractivity contribution in [1.82, 2.24) is 0 Å². The first-order valence-corrected chi connectivity index (χ1v) is 9.17. The fourth-order valence-electron chi connectivity index (χ4n) is 2.88. The summed E-state index contributed by atoms with van der Waals surface area (Å²) < 4.78 is 27.2. The van der Waals surface area contributed by atoms with Crippen LogP contribution in [0.4, 0.5) is 0 Å². The van der Waals surface area contributed by atoms with Crippen LogP contribution >= 0.6 is 0 Å². The molecule has 1 unspecified atom stereocenters. The van der Waals surface area contributed by atoms with Crippen LogP contribution in [0, 0.1) is 11.8 Å². The minimum Gasteiger partial charge on any atom is -0.270 e. The van der Waals surface area contributed by atoms with Crippen molar-refractivity contribution in [2.45, 2.75) is 64.7 Å². The molecule has 1 rings (SSSR count). The van der Waals surface area contributed by atoms with E-state index in [2.05, 4.69) is 6.92 Å². The molecule has 0 aromatic heterocycles. The van der Waals surface area contributed by atoms with E-state index >= 15 is 0 Å². The molecule has 18 heavy (non-hydrogen) atoms. The lowest BCUT2D eigenvalue weighted by atomic mass is 9.81. The quantitative estimate of drug-likeness (QED) is 0.634. The summed E-state index contributed by atoms with van der Waals surface area (Å²) in [7, 11) is -3.29. The fraction of sp³-hybridized carbons (Fsp3) is 1.00. The average Bonchev–Trinajstić information content (AvgIpc) is 2.33. The molecule has 0 aromatic rings. The molecule has 1 saturated carbocycles. The van der Waals surface area contributed by atoms with Crippen LogP contribution in [0.5, 0.6) is 0 Å². The lowest BCUT2D eigenvalue weighted by molar-refractivity contribution is 0.196. The Morgan fingerprint density at radius 2 is 1.89 bits per heavy atom. The van der Waals surface area contributed by atoms with E-state index in [1.807, 2.05) is 0 Å². The molecule has 3 nitrogen and oxygen atoms in total. The molecule has 1 aliphatic rings. The highest BCUT2D eigenvalue weighted by Crippen LogP contribution is 2.31. The number of unbranched alkanes of at least 4 members (excludes halogenated alkanes) is 1. The van der Waals surface area contributed by atoms with Gasteiger partial charge in [0.15, 0.2) is 0 Å². The minimum absolute atomic E-state index is 0.384. The standard InChI is InChI=1S/C14H28O3S/c1-3-4-8-14(12-17-18(2,15)16)11-13-9-6-5-7-10-13/h13-14H,3-12H2,1-2H3. The van der Waals surface area contributed by atoms with Gasteiger partial charge in [-0.05, 0) is 24.7 Å². The highest BCUT2D eigenvalue weighted by molar-refractivity contribution is 7.85. The van der Waals surface area contributed by atoms with Gasteiger partial charge in [-0.15, -0.1) is 0 Å². The molecule has 1 aliphatic carbocycles. The predicted molar refractivity (Wildman–Crippen MR) is 75.0 cm³/mol. The highest BCUT2D eigenvalue weighted by atomic mass is 32.2. The van der Waals surface area contributed by atoms with Gasteiger partial charge in [0.1, 0.15) is 0 Å². The van der Waals surface area contributed by atoms with Crippen LogP contribution in [0.2, 0.25) is 0 Å². The van der Waals surface area contributed by atoms with Gasteiger partial charge in [-0.1, -0.05) is 51.9 Å². The molecule has 0 spiro atoms. The summed E-state index contributed by atoms with van der Waals surface area (Å²) >= 11 is 0. The largest absolute Gasteiger partial charge is 0.270 e. The van der Waals surface area contributed by atoms with E-state index in [4.69, 9.17) is 4.18 Å². The smallest absolute Gasteiger partial charge is 0.264 e. The molecule has 108 valence electrons. The molecule has 1 atom stereocenters.